The van der Waals surface area contributed by atoms with Gasteiger partial charge < -0.3 is 5.11 Å². The molecule has 19 heavy (non-hydrogen) atoms. The molecule has 1 N–H and O–H groups in total. The lowest BCUT2D eigenvalue weighted by molar-refractivity contribution is -0.131. The maximum Gasteiger partial charge on any atom is 0.327 e. The topological polar surface area (TPSA) is 37.3 Å². The number of allylic oxidation sites excluding steroid dienone is 1. The summed E-state index contributed by atoms with van der Waals surface area (Å²) in [7, 11) is 0. The van der Waals surface area contributed by atoms with E-state index in [1.54, 1.807) is 6.08 Å². The summed E-state index contributed by atoms with van der Waals surface area (Å²) in [5.74, 6) is 5.18. The molecule has 0 aromatic rings. The molecule has 0 atom stereocenters. The quantitative estimate of drug-likeness (QED) is 0.308. The van der Waals surface area contributed by atoms with Crippen LogP contribution in [0.15, 0.2) is 12.2 Å². The summed E-state index contributed by atoms with van der Waals surface area (Å²) in [6.45, 7) is 1.90. The predicted molar refractivity (Wildman–Crippen MR) is 81.0 cm³/mol. The van der Waals surface area contributed by atoms with Crippen LogP contribution in [0.1, 0.15) is 77.6 Å². The molecule has 108 valence electrons. The number of unbranched alkanes of at least 4 members (excludes halogenated alkanes) is 10. The molecule has 0 heterocycles. The Balaban J connectivity index is 3.06. The third-order valence-corrected chi connectivity index (χ3v) is 3.11. The molecule has 0 aliphatic rings. The number of aliphatic carboxylic acids is 1. The fourth-order valence-corrected chi connectivity index (χ4v) is 2.02. The summed E-state index contributed by atoms with van der Waals surface area (Å²) in [6.07, 6.45) is 16.5. The minimum absolute atomic E-state index is 0.843. The van der Waals surface area contributed by atoms with E-state index in [1.165, 1.54) is 57.4 Å². The average molecular weight is 264 g/mol. The van der Waals surface area contributed by atoms with E-state index in [4.69, 9.17) is 5.11 Å². The molecule has 0 amide bonds. The predicted octanol–water partition coefficient (Wildman–Crippen LogP) is 4.94. The van der Waals surface area contributed by atoms with Crippen molar-refractivity contribution in [1.29, 1.82) is 0 Å². The van der Waals surface area contributed by atoms with Crippen molar-refractivity contribution in [3.63, 3.8) is 0 Å². The molecule has 0 unspecified atom stereocenters. The van der Waals surface area contributed by atoms with Gasteiger partial charge in [0, 0.05) is 12.5 Å². The van der Waals surface area contributed by atoms with Crippen molar-refractivity contribution in [2.75, 3.05) is 0 Å². The van der Waals surface area contributed by atoms with Gasteiger partial charge in [-0.05, 0) is 26.2 Å². The smallest absolute Gasteiger partial charge is 0.327 e. The van der Waals surface area contributed by atoms with Crippen molar-refractivity contribution in [3.8, 4) is 11.8 Å². The summed E-state index contributed by atoms with van der Waals surface area (Å²) in [5, 5.41) is 8.41. The Morgan fingerprint density at radius 1 is 0.947 bits per heavy atom. The molecule has 0 aliphatic heterocycles. The van der Waals surface area contributed by atoms with Crippen LogP contribution in [-0.4, -0.2) is 11.1 Å². The van der Waals surface area contributed by atoms with Crippen LogP contribution >= 0.6 is 0 Å². The van der Waals surface area contributed by atoms with Crippen molar-refractivity contribution in [2.24, 2.45) is 0 Å². The van der Waals surface area contributed by atoms with E-state index in [0.717, 1.165) is 19.3 Å². The van der Waals surface area contributed by atoms with Gasteiger partial charge in [-0.15, -0.1) is 11.8 Å². The van der Waals surface area contributed by atoms with Gasteiger partial charge >= 0.3 is 5.97 Å². The van der Waals surface area contributed by atoms with Gasteiger partial charge in [-0.2, -0.15) is 0 Å². The molecule has 0 bridgehead atoms. The highest BCUT2D eigenvalue weighted by Gasteiger charge is 1.92. The summed E-state index contributed by atoms with van der Waals surface area (Å²) < 4.78 is 0. The fourth-order valence-electron chi connectivity index (χ4n) is 2.02. The lowest BCUT2D eigenvalue weighted by atomic mass is 10.1. The molecule has 0 radical (unpaired) electrons. The minimum Gasteiger partial charge on any atom is -0.478 e. The van der Waals surface area contributed by atoms with Crippen LogP contribution in [0.2, 0.25) is 0 Å². The molecule has 0 rings (SSSR count). The van der Waals surface area contributed by atoms with Crippen LogP contribution in [0.5, 0.6) is 0 Å². The highest BCUT2D eigenvalue weighted by molar-refractivity contribution is 5.79. The Morgan fingerprint density at radius 2 is 1.47 bits per heavy atom. The number of carboxylic acids is 1. The number of hydrogen-bond acceptors (Lipinski definition) is 1. The van der Waals surface area contributed by atoms with E-state index in [0.29, 0.717) is 0 Å². The lowest BCUT2D eigenvalue weighted by Gasteiger charge is -2.01. The second-order valence-electron chi connectivity index (χ2n) is 4.89. The molecule has 0 spiro atoms. The summed E-state index contributed by atoms with van der Waals surface area (Å²) in [4.78, 5) is 10.2. The van der Waals surface area contributed by atoms with Crippen molar-refractivity contribution in [3.05, 3.63) is 12.2 Å². The molecule has 0 saturated carbocycles. The van der Waals surface area contributed by atoms with Gasteiger partial charge in [0.1, 0.15) is 0 Å². The Hall–Kier alpha value is -1.23. The number of carbonyl (C=O) groups is 1. The zero-order valence-corrected chi connectivity index (χ0v) is 12.3. The van der Waals surface area contributed by atoms with Crippen LogP contribution in [-0.2, 0) is 4.79 Å². The zero-order valence-electron chi connectivity index (χ0n) is 12.3. The Bertz CT molecular complexity index is 294. The summed E-state index contributed by atoms with van der Waals surface area (Å²) in [6, 6.07) is 0. The Kier molecular flexibility index (Phi) is 13.9. The fraction of sp³-hybridized carbons (Fsp3) is 0.706. The van der Waals surface area contributed by atoms with E-state index in [9.17, 15) is 4.79 Å². The van der Waals surface area contributed by atoms with Crippen LogP contribution in [0, 0.1) is 11.8 Å². The second-order valence-corrected chi connectivity index (χ2v) is 4.89. The Labute approximate surface area is 118 Å². The van der Waals surface area contributed by atoms with Gasteiger partial charge in [0.25, 0.3) is 0 Å². The van der Waals surface area contributed by atoms with E-state index < -0.39 is 5.97 Å². The molecule has 0 aromatic carbocycles. The first kappa shape index (κ1) is 17.8. The Morgan fingerprint density at radius 3 is 2.00 bits per heavy atom. The van der Waals surface area contributed by atoms with Crippen molar-refractivity contribution >= 4 is 5.97 Å². The molecular formula is C17H28O2. The van der Waals surface area contributed by atoms with Crippen molar-refractivity contribution in [2.45, 2.75) is 77.6 Å². The number of carboxylic acid groups (broad SMARTS) is 1. The molecular weight excluding hydrogens is 236 g/mol. The van der Waals surface area contributed by atoms with Gasteiger partial charge in [0.05, 0.1) is 0 Å². The first-order chi connectivity index (χ1) is 9.27. The van der Waals surface area contributed by atoms with Gasteiger partial charge in [-0.25, -0.2) is 4.79 Å². The van der Waals surface area contributed by atoms with E-state index in [2.05, 4.69) is 11.8 Å². The van der Waals surface area contributed by atoms with Gasteiger partial charge in [0.2, 0.25) is 0 Å². The lowest BCUT2D eigenvalue weighted by Crippen LogP contribution is -1.85. The molecule has 0 fully saturated rings. The molecule has 2 nitrogen and oxygen atoms in total. The minimum atomic E-state index is -0.843. The van der Waals surface area contributed by atoms with Gasteiger partial charge in [-0.1, -0.05) is 51.0 Å². The highest BCUT2D eigenvalue weighted by atomic mass is 16.4. The number of rotatable bonds is 12. The largest absolute Gasteiger partial charge is 0.478 e. The average Bonchev–Trinajstić information content (AvgIpc) is 2.39. The van der Waals surface area contributed by atoms with Gasteiger partial charge in [0.15, 0.2) is 0 Å². The first-order valence-corrected chi connectivity index (χ1v) is 7.56. The highest BCUT2D eigenvalue weighted by Crippen LogP contribution is 2.11. The van der Waals surface area contributed by atoms with E-state index >= 15 is 0 Å². The van der Waals surface area contributed by atoms with Crippen LogP contribution in [0.4, 0.5) is 0 Å². The van der Waals surface area contributed by atoms with Crippen LogP contribution < -0.4 is 0 Å². The molecule has 0 aliphatic carbocycles. The van der Waals surface area contributed by atoms with Crippen molar-refractivity contribution in [1.82, 2.24) is 0 Å². The monoisotopic (exact) mass is 264 g/mol. The zero-order chi connectivity index (χ0) is 14.2. The third kappa shape index (κ3) is 16.8. The van der Waals surface area contributed by atoms with E-state index in [-0.39, 0.29) is 0 Å². The normalized spacial score (nSPS) is 10.4. The number of hydrogen-bond donors (Lipinski definition) is 1. The first-order valence-electron chi connectivity index (χ1n) is 7.56. The van der Waals surface area contributed by atoms with Crippen LogP contribution in [0.25, 0.3) is 0 Å². The van der Waals surface area contributed by atoms with Crippen LogP contribution in [0.3, 0.4) is 0 Å². The molecule has 2 heteroatoms. The second kappa shape index (κ2) is 14.8. The summed E-state index contributed by atoms with van der Waals surface area (Å²) >= 11 is 0. The standard InChI is InChI=1S/C17H28O2/c1-2-3-4-5-6-7-8-9-10-11-12-13-14-15-16-17(18)19/h15-16H,4-14H2,1H3,(H,18,19)/b16-15+. The summed E-state index contributed by atoms with van der Waals surface area (Å²) in [5.41, 5.74) is 0. The maximum absolute atomic E-state index is 10.2. The molecule has 0 saturated heterocycles. The maximum atomic E-state index is 10.2. The van der Waals surface area contributed by atoms with E-state index in [1.807, 2.05) is 6.92 Å². The third-order valence-electron chi connectivity index (χ3n) is 3.11. The SMILES string of the molecule is CC#CCCCCCCCCCCC/C=C/C(=O)O. The molecule has 0 aromatic heterocycles. The van der Waals surface area contributed by atoms with Gasteiger partial charge in [-0.3, -0.25) is 0 Å². The van der Waals surface area contributed by atoms with Crippen molar-refractivity contribution < 1.29 is 9.90 Å².